The van der Waals surface area contributed by atoms with Crippen LogP contribution in [-0.4, -0.2) is 35.1 Å². The normalized spacial score (nSPS) is 12.9. The lowest BCUT2D eigenvalue weighted by Crippen LogP contribution is -2.49. The van der Waals surface area contributed by atoms with Gasteiger partial charge in [0.15, 0.2) is 6.10 Å². The Balaban J connectivity index is 2.02. The number of amides is 2. The van der Waals surface area contributed by atoms with Crippen LogP contribution in [0.1, 0.15) is 32.8 Å². The first kappa shape index (κ1) is 26.1. The smallest absolute Gasteiger partial charge is 0.270 e. The SMILES string of the molecule is CC(C)C[C@@H](NC(=O)[C@H](C)Oc1ccc(Cl)cc1Cl)C(=O)N/N=C\c1cccc([N+](=O)[O-])c1. The third-order valence-electron chi connectivity index (χ3n) is 4.38. The molecule has 2 aromatic carbocycles. The van der Waals surface area contributed by atoms with Crippen LogP contribution in [-0.2, 0) is 9.59 Å². The van der Waals surface area contributed by atoms with Crippen LogP contribution in [0.2, 0.25) is 10.0 Å². The molecule has 0 radical (unpaired) electrons. The highest BCUT2D eigenvalue weighted by atomic mass is 35.5. The van der Waals surface area contributed by atoms with Crippen LogP contribution in [0.15, 0.2) is 47.6 Å². The largest absolute Gasteiger partial charge is 0.479 e. The molecule has 33 heavy (non-hydrogen) atoms. The standard InChI is InChI=1S/C22H24Cl2N4O5/c1-13(2)9-19(22(30)27-25-12-15-5-4-6-17(10-15)28(31)32)26-21(29)14(3)33-20-8-7-16(23)11-18(20)24/h4-8,10-14,19H,9H2,1-3H3,(H,26,29)(H,27,30)/b25-12-/t14-,19+/m0/s1. The molecule has 176 valence electrons. The molecule has 0 saturated carbocycles. The van der Waals surface area contributed by atoms with Gasteiger partial charge in [-0.2, -0.15) is 5.10 Å². The Bertz CT molecular complexity index is 1050. The summed E-state index contributed by atoms with van der Waals surface area (Å²) in [5.41, 5.74) is 2.71. The molecule has 0 aliphatic heterocycles. The fourth-order valence-electron chi connectivity index (χ4n) is 2.77. The van der Waals surface area contributed by atoms with E-state index < -0.39 is 28.9 Å². The summed E-state index contributed by atoms with van der Waals surface area (Å²) in [5, 5.41) is 18.1. The molecule has 0 aromatic heterocycles. The van der Waals surface area contributed by atoms with Gasteiger partial charge in [-0.1, -0.05) is 49.2 Å². The lowest BCUT2D eigenvalue weighted by molar-refractivity contribution is -0.384. The summed E-state index contributed by atoms with van der Waals surface area (Å²) in [6.07, 6.45) is 0.714. The maximum Gasteiger partial charge on any atom is 0.270 e. The molecule has 0 bridgehead atoms. The Hall–Kier alpha value is -3.17. The van der Waals surface area contributed by atoms with Gasteiger partial charge in [-0.05, 0) is 37.5 Å². The lowest BCUT2D eigenvalue weighted by Gasteiger charge is -2.22. The van der Waals surface area contributed by atoms with Gasteiger partial charge in [0.2, 0.25) is 0 Å². The van der Waals surface area contributed by atoms with Crippen LogP contribution in [0.4, 0.5) is 5.69 Å². The number of nitrogens with one attached hydrogen (secondary N) is 2. The monoisotopic (exact) mass is 494 g/mol. The molecule has 2 N–H and O–H groups in total. The first-order chi connectivity index (χ1) is 15.6. The number of non-ortho nitro benzene ring substituents is 1. The highest BCUT2D eigenvalue weighted by Crippen LogP contribution is 2.28. The molecule has 11 heteroatoms. The zero-order valence-corrected chi connectivity index (χ0v) is 19.8. The van der Waals surface area contributed by atoms with E-state index in [-0.39, 0.29) is 22.4 Å². The molecule has 2 atom stereocenters. The topological polar surface area (TPSA) is 123 Å². The van der Waals surface area contributed by atoms with Crippen molar-refractivity contribution in [3.63, 3.8) is 0 Å². The number of nitro groups is 1. The Morgan fingerprint density at radius 1 is 1.15 bits per heavy atom. The zero-order chi connectivity index (χ0) is 24.5. The number of ether oxygens (including phenoxy) is 1. The summed E-state index contributed by atoms with van der Waals surface area (Å²) in [6, 6.07) is 9.56. The molecule has 9 nitrogen and oxygen atoms in total. The highest BCUT2D eigenvalue weighted by molar-refractivity contribution is 6.35. The number of benzene rings is 2. The molecule has 2 amide bonds. The fourth-order valence-corrected chi connectivity index (χ4v) is 3.23. The van der Waals surface area contributed by atoms with Gasteiger partial charge >= 0.3 is 0 Å². The second kappa shape index (κ2) is 12.2. The van der Waals surface area contributed by atoms with Gasteiger partial charge in [0.1, 0.15) is 11.8 Å². The average Bonchev–Trinajstić information content (AvgIpc) is 2.74. The van der Waals surface area contributed by atoms with Crippen molar-refractivity contribution in [3.05, 3.63) is 68.2 Å². The number of hydrogen-bond acceptors (Lipinski definition) is 6. The third-order valence-corrected chi connectivity index (χ3v) is 4.91. The van der Waals surface area contributed by atoms with E-state index >= 15 is 0 Å². The minimum Gasteiger partial charge on any atom is -0.479 e. The molecule has 0 aliphatic carbocycles. The maximum atomic E-state index is 12.6. The summed E-state index contributed by atoms with van der Waals surface area (Å²) in [5.74, 6) is -0.654. The van der Waals surface area contributed by atoms with Gasteiger partial charge in [-0.15, -0.1) is 0 Å². The second-order valence-electron chi connectivity index (χ2n) is 7.61. The van der Waals surface area contributed by atoms with E-state index in [1.165, 1.54) is 37.4 Å². The number of hydrazone groups is 1. The first-order valence-corrected chi connectivity index (χ1v) is 10.8. The van der Waals surface area contributed by atoms with Crippen molar-refractivity contribution in [2.24, 2.45) is 11.0 Å². The Morgan fingerprint density at radius 3 is 2.52 bits per heavy atom. The Morgan fingerprint density at radius 2 is 1.88 bits per heavy atom. The minimum atomic E-state index is -0.931. The van der Waals surface area contributed by atoms with E-state index in [0.717, 1.165) is 0 Å². The number of halogens is 2. The van der Waals surface area contributed by atoms with Crippen LogP contribution in [0, 0.1) is 16.0 Å². The van der Waals surface area contributed by atoms with Crippen molar-refractivity contribution in [2.75, 3.05) is 0 Å². The number of nitro benzene ring substituents is 1. The number of rotatable bonds is 10. The van der Waals surface area contributed by atoms with Crippen molar-refractivity contribution >= 4 is 46.9 Å². The molecule has 0 aliphatic rings. The summed E-state index contributed by atoms with van der Waals surface area (Å²) in [6.45, 7) is 5.35. The number of carbonyl (C=O) groups excluding carboxylic acids is 2. The van der Waals surface area contributed by atoms with Crippen molar-refractivity contribution in [2.45, 2.75) is 39.3 Å². The van der Waals surface area contributed by atoms with Gasteiger partial charge in [-0.25, -0.2) is 5.43 Å². The fraction of sp³-hybridized carbons (Fsp3) is 0.318. The molecular formula is C22H24Cl2N4O5. The van der Waals surface area contributed by atoms with Gasteiger partial charge in [-0.3, -0.25) is 19.7 Å². The van der Waals surface area contributed by atoms with Crippen molar-refractivity contribution < 1.29 is 19.2 Å². The molecule has 0 spiro atoms. The van der Waals surface area contributed by atoms with E-state index in [0.29, 0.717) is 17.0 Å². The van der Waals surface area contributed by atoms with Crippen molar-refractivity contribution in [3.8, 4) is 5.75 Å². The molecule has 0 saturated heterocycles. The van der Waals surface area contributed by atoms with Crippen LogP contribution in [0.25, 0.3) is 0 Å². The van der Waals surface area contributed by atoms with E-state index in [2.05, 4.69) is 15.8 Å². The summed E-state index contributed by atoms with van der Waals surface area (Å²) in [7, 11) is 0. The van der Waals surface area contributed by atoms with E-state index in [9.17, 15) is 19.7 Å². The Kier molecular flexibility index (Phi) is 9.62. The zero-order valence-electron chi connectivity index (χ0n) is 18.2. The molecular weight excluding hydrogens is 471 g/mol. The molecule has 2 rings (SSSR count). The van der Waals surface area contributed by atoms with E-state index in [4.69, 9.17) is 27.9 Å². The van der Waals surface area contributed by atoms with E-state index in [1.54, 1.807) is 18.2 Å². The summed E-state index contributed by atoms with van der Waals surface area (Å²) < 4.78 is 5.60. The highest BCUT2D eigenvalue weighted by Gasteiger charge is 2.25. The summed E-state index contributed by atoms with van der Waals surface area (Å²) in [4.78, 5) is 35.6. The van der Waals surface area contributed by atoms with Gasteiger partial charge in [0.05, 0.1) is 16.2 Å². The number of carbonyl (C=O) groups is 2. The van der Waals surface area contributed by atoms with Gasteiger partial charge in [0, 0.05) is 22.7 Å². The third kappa shape index (κ3) is 8.36. The van der Waals surface area contributed by atoms with Crippen LogP contribution >= 0.6 is 23.2 Å². The van der Waals surface area contributed by atoms with Crippen LogP contribution in [0.5, 0.6) is 5.75 Å². The quantitative estimate of drug-likeness (QED) is 0.288. The molecule has 0 unspecified atom stereocenters. The van der Waals surface area contributed by atoms with Gasteiger partial charge in [0.25, 0.3) is 17.5 Å². The van der Waals surface area contributed by atoms with Crippen LogP contribution < -0.4 is 15.5 Å². The van der Waals surface area contributed by atoms with E-state index in [1.807, 2.05) is 13.8 Å². The molecule has 2 aromatic rings. The number of nitrogens with zero attached hydrogens (tertiary/aromatic N) is 2. The lowest BCUT2D eigenvalue weighted by atomic mass is 10.0. The molecule has 0 fully saturated rings. The number of hydrogen-bond donors (Lipinski definition) is 2. The Labute approximate surface area is 201 Å². The average molecular weight is 495 g/mol. The second-order valence-corrected chi connectivity index (χ2v) is 8.46. The minimum absolute atomic E-state index is 0.0926. The maximum absolute atomic E-state index is 12.6. The van der Waals surface area contributed by atoms with Crippen LogP contribution in [0.3, 0.4) is 0 Å². The van der Waals surface area contributed by atoms with Crippen molar-refractivity contribution in [1.82, 2.24) is 10.7 Å². The molecule has 0 heterocycles. The predicted octanol–water partition coefficient (Wildman–Crippen LogP) is 4.35. The van der Waals surface area contributed by atoms with Crippen molar-refractivity contribution in [1.29, 1.82) is 0 Å². The predicted molar refractivity (Wildman–Crippen MR) is 127 cm³/mol. The van der Waals surface area contributed by atoms with Gasteiger partial charge < -0.3 is 10.1 Å². The summed E-state index contributed by atoms with van der Waals surface area (Å²) >= 11 is 11.9. The first-order valence-electron chi connectivity index (χ1n) is 10.1.